The number of nitrogens with two attached hydrogens (primary N) is 2. The van der Waals surface area contributed by atoms with Crippen LogP contribution in [0.25, 0.3) is 0 Å². The number of primary amides is 1. The highest BCUT2D eigenvalue weighted by Crippen LogP contribution is 2.11. The Labute approximate surface area is 214 Å². The molecule has 0 aliphatic rings. The molecule has 0 saturated heterocycles. The molecule has 0 unspecified atom stereocenters. The Morgan fingerprint density at radius 1 is 0.861 bits per heavy atom. The first kappa shape index (κ1) is 28.7. The second kappa shape index (κ2) is 14.7. The van der Waals surface area contributed by atoms with Gasteiger partial charge in [-0.05, 0) is 48.1 Å². The summed E-state index contributed by atoms with van der Waals surface area (Å²) in [6, 6.07) is 12.6. The van der Waals surface area contributed by atoms with E-state index in [0.29, 0.717) is 12.2 Å². The highest BCUT2D eigenvalue weighted by molar-refractivity contribution is 7.98. The minimum atomic E-state index is -0.987. The zero-order valence-electron chi connectivity index (χ0n) is 20.1. The predicted octanol–water partition coefficient (Wildman–Crippen LogP) is -0.171. The molecule has 36 heavy (non-hydrogen) atoms. The number of aromatic hydroxyl groups is 1. The molecule has 0 bridgehead atoms. The number of hydrogen-bond acceptors (Lipinski definition) is 7. The lowest BCUT2D eigenvalue weighted by atomic mass is 10.0. The number of nitrogens with one attached hydrogen (secondary N) is 3. The van der Waals surface area contributed by atoms with E-state index in [2.05, 4.69) is 16.0 Å². The van der Waals surface area contributed by atoms with E-state index in [9.17, 15) is 24.3 Å². The van der Waals surface area contributed by atoms with E-state index < -0.39 is 41.8 Å². The highest BCUT2D eigenvalue weighted by Gasteiger charge is 2.28. The van der Waals surface area contributed by atoms with Crippen LogP contribution < -0.4 is 27.4 Å². The average Bonchev–Trinajstić information content (AvgIpc) is 2.86. The first-order valence-electron chi connectivity index (χ1n) is 11.4. The second-order valence-electron chi connectivity index (χ2n) is 8.25. The van der Waals surface area contributed by atoms with Crippen molar-refractivity contribution in [1.82, 2.24) is 16.0 Å². The van der Waals surface area contributed by atoms with Gasteiger partial charge in [0.05, 0.1) is 12.6 Å². The number of carbonyl (C=O) groups excluding carboxylic acids is 4. The molecule has 0 fully saturated rings. The van der Waals surface area contributed by atoms with Crippen molar-refractivity contribution in [2.75, 3.05) is 18.6 Å². The van der Waals surface area contributed by atoms with Gasteiger partial charge in [-0.3, -0.25) is 19.2 Å². The van der Waals surface area contributed by atoms with Crippen LogP contribution in [0.15, 0.2) is 54.6 Å². The van der Waals surface area contributed by atoms with Crippen LogP contribution in [0.2, 0.25) is 0 Å². The molecule has 0 aliphatic carbocycles. The fraction of sp³-hybridized carbons (Fsp3) is 0.360. The summed E-state index contributed by atoms with van der Waals surface area (Å²) >= 11 is 1.51. The molecule has 11 heteroatoms. The van der Waals surface area contributed by atoms with E-state index in [0.717, 1.165) is 11.1 Å². The maximum atomic E-state index is 13.2. The van der Waals surface area contributed by atoms with Gasteiger partial charge >= 0.3 is 0 Å². The molecule has 0 radical (unpaired) electrons. The summed E-state index contributed by atoms with van der Waals surface area (Å²) in [5.74, 6) is -1.63. The van der Waals surface area contributed by atoms with E-state index >= 15 is 0 Å². The van der Waals surface area contributed by atoms with Gasteiger partial charge in [-0.2, -0.15) is 11.8 Å². The number of phenols is 1. The highest BCUT2D eigenvalue weighted by atomic mass is 32.2. The molecule has 0 heterocycles. The van der Waals surface area contributed by atoms with Gasteiger partial charge in [-0.1, -0.05) is 42.5 Å². The molecular formula is C25H33N5O5S. The van der Waals surface area contributed by atoms with Gasteiger partial charge in [0.2, 0.25) is 23.6 Å². The van der Waals surface area contributed by atoms with E-state index in [1.54, 1.807) is 12.1 Å². The second-order valence-corrected chi connectivity index (χ2v) is 9.24. The summed E-state index contributed by atoms with van der Waals surface area (Å²) in [5.41, 5.74) is 12.8. The Balaban J connectivity index is 2.10. The van der Waals surface area contributed by atoms with Crippen LogP contribution in [0, 0.1) is 0 Å². The van der Waals surface area contributed by atoms with Crippen molar-refractivity contribution in [2.45, 2.75) is 37.4 Å². The van der Waals surface area contributed by atoms with Crippen LogP contribution >= 0.6 is 11.8 Å². The van der Waals surface area contributed by atoms with E-state index in [1.807, 2.05) is 36.6 Å². The Kier molecular flexibility index (Phi) is 11.7. The molecule has 194 valence electrons. The van der Waals surface area contributed by atoms with E-state index in [-0.39, 0.29) is 25.1 Å². The molecule has 8 N–H and O–H groups in total. The number of thioether (sulfide) groups is 1. The smallest absolute Gasteiger partial charge is 0.243 e. The quantitative estimate of drug-likeness (QED) is 0.202. The summed E-state index contributed by atoms with van der Waals surface area (Å²) in [6.45, 7) is -0.362. The zero-order valence-corrected chi connectivity index (χ0v) is 20.9. The fourth-order valence-corrected chi connectivity index (χ4v) is 3.86. The summed E-state index contributed by atoms with van der Waals surface area (Å²) in [7, 11) is 0. The van der Waals surface area contributed by atoms with E-state index in [4.69, 9.17) is 11.5 Å². The molecule has 4 amide bonds. The largest absolute Gasteiger partial charge is 0.508 e. The number of benzene rings is 2. The van der Waals surface area contributed by atoms with Crippen LogP contribution in [0.3, 0.4) is 0 Å². The van der Waals surface area contributed by atoms with Gasteiger partial charge in [0.15, 0.2) is 0 Å². The Hall–Kier alpha value is -3.57. The van der Waals surface area contributed by atoms with Crippen molar-refractivity contribution in [3.8, 4) is 5.75 Å². The van der Waals surface area contributed by atoms with Gasteiger partial charge in [-0.25, -0.2) is 0 Å². The lowest BCUT2D eigenvalue weighted by Crippen LogP contribution is -2.57. The van der Waals surface area contributed by atoms with Crippen molar-refractivity contribution in [1.29, 1.82) is 0 Å². The molecular weight excluding hydrogens is 482 g/mol. The van der Waals surface area contributed by atoms with Crippen molar-refractivity contribution >= 4 is 35.4 Å². The van der Waals surface area contributed by atoms with Gasteiger partial charge in [-0.15, -0.1) is 0 Å². The molecule has 2 aromatic rings. The third-order valence-corrected chi connectivity index (χ3v) is 5.97. The zero-order chi connectivity index (χ0) is 26.5. The first-order chi connectivity index (χ1) is 17.2. The van der Waals surface area contributed by atoms with Crippen molar-refractivity contribution in [2.24, 2.45) is 11.5 Å². The SMILES string of the molecule is CSCC[C@@H](NC(=O)[C@@H](N)Cc1ccc(O)cc1)C(=O)N[C@@H](Cc1ccccc1)C(=O)NCC(N)=O. The maximum Gasteiger partial charge on any atom is 0.243 e. The minimum Gasteiger partial charge on any atom is -0.508 e. The third kappa shape index (κ3) is 9.96. The van der Waals surface area contributed by atoms with Gasteiger partial charge in [0.1, 0.15) is 17.8 Å². The molecule has 0 spiro atoms. The van der Waals surface area contributed by atoms with Crippen LogP contribution in [0.5, 0.6) is 5.75 Å². The third-order valence-electron chi connectivity index (χ3n) is 5.32. The molecule has 0 saturated carbocycles. The van der Waals surface area contributed by atoms with Gasteiger partial charge in [0, 0.05) is 6.42 Å². The predicted molar refractivity (Wildman–Crippen MR) is 139 cm³/mol. The van der Waals surface area contributed by atoms with Crippen LogP contribution in [0.4, 0.5) is 0 Å². The van der Waals surface area contributed by atoms with Crippen molar-refractivity contribution in [3.05, 3.63) is 65.7 Å². The molecule has 2 rings (SSSR count). The molecule has 10 nitrogen and oxygen atoms in total. The monoisotopic (exact) mass is 515 g/mol. The number of hydrogen-bond donors (Lipinski definition) is 6. The maximum absolute atomic E-state index is 13.2. The molecule has 0 aromatic heterocycles. The molecule has 0 aliphatic heterocycles. The van der Waals surface area contributed by atoms with Crippen molar-refractivity contribution < 1.29 is 24.3 Å². The summed E-state index contributed by atoms with van der Waals surface area (Å²) in [5, 5.41) is 17.2. The van der Waals surface area contributed by atoms with Crippen LogP contribution in [0.1, 0.15) is 17.5 Å². The number of carbonyl (C=O) groups is 4. The first-order valence-corrected chi connectivity index (χ1v) is 12.8. The van der Waals surface area contributed by atoms with Crippen LogP contribution in [-0.2, 0) is 32.0 Å². The minimum absolute atomic E-state index is 0.107. The molecule has 2 aromatic carbocycles. The Bertz CT molecular complexity index is 1020. The fourth-order valence-electron chi connectivity index (χ4n) is 3.39. The number of rotatable bonds is 14. The number of phenolic OH excluding ortho intramolecular Hbond substituents is 1. The number of amides is 4. The summed E-state index contributed by atoms with van der Waals surface area (Å²) in [6.07, 6.45) is 2.60. The Morgan fingerprint density at radius 3 is 2.08 bits per heavy atom. The lowest BCUT2D eigenvalue weighted by molar-refractivity contribution is -0.132. The topological polar surface area (TPSA) is 177 Å². The lowest BCUT2D eigenvalue weighted by Gasteiger charge is -2.24. The van der Waals surface area contributed by atoms with Gasteiger partial charge in [0.25, 0.3) is 0 Å². The van der Waals surface area contributed by atoms with E-state index in [1.165, 1.54) is 23.9 Å². The van der Waals surface area contributed by atoms with Gasteiger partial charge < -0.3 is 32.5 Å². The van der Waals surface area contributed by atoms with Crippen LogP contribution in [-0.4, -0.2) is 65.4 Å². The summed E-state index contributed by atoms with van der Waals surface area (Å²) in [4.78, 5) is 49.8. The van der Waals surface area contributed by atoms with Crippen molar-refractivity contribution in [3.63, 3.8) is 0 Å². The standard InChI is InChI=1S/C25H33N5O5S/c1-36-12-11-20(29-23(33)19(26)13-17-7-9-18(31)10-8-17)25(35)30-21(24(34)28-15-22(27)32)14-16-5-3-2-4-6-16/h2-10,19-21,31H,11-15,26H2,1H3,(H2,27,32)(H,28,34)(H,29,33)(H,30,35)/t19-,20+,21-/m0/s1. The summed E-state index contributed by atoms with van der Waals surface area (Å²) < 4.78 is 0. The Morgan fingerprint density at radius 2 is 1.47 bits per heavy atom. The normalized spacial score (nSPS) is 13.2. The average molecular weight is 516 g/mol. The molecule has 3 atom stereocenters.